The van der Waals surface area contributed by atoms with Gasteiger partial charge in [0.2, 0.25) is 15.8 Å². The summed E-state index contributed by atoms with van der Waals surface area (Å²) in [4.78, 5) is 9.31. The molecule has 0 saturated carbocycles. The van der Waals surface area contributed by atoms with E-state index in [1.165, 1.54) is 6.92 Å². The summed E-state index contributed by atoms with van der Waals surface area (Å²) in [6, 6.07) is 0.966. The van der Waals surface area contributed by atoms with Crippen molar-refractivity contribution >= 4 is 15.7 Å². The van der Waals surface area contributed by atoms with Crippen LogP contribution in [0.4, 0.5) is 10.1 Å². The number of aliphatic hydroxyl groups is 1. The van der Waals surface area contributed by atoms with Gasteiger partial charge in [0, 0.05) is 12.1 Å². The molecule has 0 bridgehead atoms. The standard InChI is InChI=1S/C11H15FN2O5S/c1-3-8(6-15)13-20(18,19)9-4-7(2)11(12)10(5-9)14(16)17/h4-5,8,13,15H,3,6H2,1-2H3/t8-/m0/s1. The Labute approximate surface area is 115 Å². The lowest BCUT2D eigenvalue weighted by atomic mass is 10.2. The summed E-state index contributed by atoms with van der Waals surface area (Å²) < 4.78 is 39.8. The second-order valence-corrected chi connectivity index (χ2v) is 5.95. The summed E-state index contributed by atoms with van der Waals surface area (Å²) in [7, 11) is -4.06. The van der Waals surface area contributed by atoms with Crippen LogP contribution in [0.25, 0.3) is 0 Å². The summed E-state index contributed by atoms with van der Waals surface area (Å²) in [6.07, 6.45) is 0.345. The van der Waals surface area contributed by atoms with Crippen molar-refractivity contribution in [3.8, 4) is 0 Å². The quantitative estimate of drug-likeness (QED) is 0.604. The molecule has 0 radical (unpaired) electrons. The van der Waals surface area contributed by atoms with E-state index in [9.17, 15) is 22.9 Å². The van der Waals surface area contributed by atoms with E-state index >= 15 is 0 Å². The number of nitrogens with one attached hydrogen (secondary N) is 1. The van der Waals surface area contributed by atoms with Crippen LogP contribution < -0.4 is 4.72 Å². The highest BCUT2D eigenvalue weighted by Crippen LogP contribution is 2.25. The number of sulfonamides is 1. The predicted molar refractivity (Wildman–Crippen MR) is 69.3 cm³/mol. The SMILES string of the molecule is CC[C@@H](CO)NS(=O)(=O)c1cc(C)c(F)c([N+](=O)[O-])c1. The number of halogens is 1. The van der Waals surface area contributed by atoms with Gasteiger partial charge in [-0.25, -0.2) is 13.1 Å². The number of nitro groups is 1. The molecule has 1 rings (SSSR count). The third kappa shape index (κ3) is 3.50. The highest BCUT2D eigenvalue weighted by Gasteiger charge is 2.25. The summed E-state index contributed by atoms with van der Waals surface area (Å²) in [5.41, 5.74) is -1.04. The molecule has 0 amide bonds. The first-order chi connectivity index (χ1) is 9.22. The highest BCUT2D eigenvalue weighted by molar-refractivity contribution is 7.89. The molecule has 1 aromatic carbocycles. The molecular formula is C11H15FN2O5S. The Balaban J connectivity index is 3.29. The molecule has 0 aliphatic rings. The third-order valence-electron chi connectivity index (χ3n) is 2.75. The molecule has 9 heteroatoms. The molecule has 0 heterocycles. The van der Waals surface area contributed by atoms with Crippen LogP contribution in [-0.4, -0.2) is 31.1 Å². The molecule has 20 heavy (non-hydrogen) atoms. The van der Waals surface area contributed by atoms with Crippen molar-refractivity contribution in [1.82, 2.24) is 4.72 Å². The van der Waals surface area contributed by atoms with Gasteiger partial charge in [0.25, 0.3) is 0 Å². The maximum Gasteiger partial charge on any atom is 0.306 e. The van der Waals surface area contributed by atoms with Gasteiger partial charge in [-0.1, -0.05) is 6.92 Å². The van der Waals surface area contributed by atoms with Gasteiger partial charge >= 0.3 is 5.69 Å². The second-order valence-electron chi connectivity index (χ2n) is 4.24. The third-order valence-corrected chi connectivity index (χ3v) is 4.25. The molecule has 1 atom stereocenters. The first kappa shape index (κ1) is 16.5. The molecule has 1 aromatic rings. The molecule has 112 valence electrons. The smallest absolute Gasteiger partial charge is 0.306 e. The minimum Gasteiger partial charge on any atom is -0.395 e. The number of nitro benzene ring substituents is 1. The van der Waals surface area contributed by atoms with E-state index in [2.05, 4.69) is 4.72 Å². The molecule has 7 nitrogen and oxygen atoms in total. The molecule has 2 N–H and O–H groups in total. The molecular weight excluding hydrogens is 291 g/mol. The lowest BCUT2D eigenvalue weighted by Crippen LogP contribution is -2.37. The molecule has 0 unspecified atom stereocenters. The number of nitrogens with zero attached hydrogens (tertiary/aromatic N) is 1. The molecule has 0 aromatic heterocycles. The average Bonchev–Trinajstić information content (AvgIpc) is 2.38. The molecule has 0 aliphatic heterocycles. The van der Waals surface area contributed by atoms with Crippen molar-refractivity contribution in [3.05, 3.63) is 33.6 Å². The van der Waals surface area contributed by atoms with E-state index in [0.29, 0.717) is 12.5 Å². The van der Waals surface area contributed by atoms with Crippen molar-refractivity contribution < 1.29 is 22.8 Å². The van der Waals surface area contributed by atoms with Crippen molar-refractivity contribution in [2.24, 2.45) is 0 Å². The van der Waals surface area contributed by atoms with Crippen LogP contribution in [0.1, 0.15) is 18.9 Å². The molecule has 0 saturated heterocycles. The maximum absolute atomic E-state index is 13.5. The van der Waals surface area contributed by atoms with Crippen molar-refractivity contribution in [2.75, 3.05) is 6.61 Å². The van der Waals surface area contributed by atoms with Crippen molar-refractivity contribution in [3.63, 3.8) is 0 Å². The van der Waals surface area contributed by atoms with Gasteiger partial charge in [-0.3, -0.25) is 10.1 Å². The van der Waals surface area contributed by atoms with Crippen LogP contribution >= 0.6 is 0 Å². The van der Waals surface area contributed by atoms with E-state index in [4.69, 9.17) is 5.11 Å². The van der Waals surface area contributed by atoms with Crippen LogP contribution in [0, 0.1) is 22.9 Å². The van der Waals surface area contributed by atoms with Gasteiger partial charge in [-0.15, -0.1) is 0 Å². The predicted octanol–water partition coefficient (Wildman–Crippen LogP) is 1.09. The van der Waals surface area contributed by atoms with E-state index < -0.39 is 44.0 Å². The maximum atomic E-state index is 13.5. The zero-order valence-electron chi connectivity index (χ0n) is 11.0. The Morgan fingerprint density at radius 2 is 2.10 bits per heavy atom. The lowest BCUT2D eigenvalue weighted by molar-refractivity contribution is -0.387. The van der Waals surface area contributed by atoms with E-state index in [-0.39, 0.29) is 5.56 Å². The zero-order chi connectivity index (χ0) is 15.5. The Morgan fingerprint density at radius 1 is 1.50 bits per heavy atom. The molecule has 0 spiro atoms. The van der Waals surface area contributed by atoms with E-state index in [1.54, 1.807) is 6.92 Å². The summed E-state index contributed by atoms with van der Waals surface area (Å²) in [5, 5.41) is 19.7. The number of hydrogen-bond acceptors (Lipinski definition) is 5. The summed E-state index contributed by atoms with van der Waals surface area (Å²) in [5.74, 6) is -1.07. The summed E-state index contributed by atoms with van der Waals surface area (Å²) >= 11 is 0. The highest BCUT2D eigenvalue weighted by atomic mass is 32.2. The van der Waals surface area contributed by atoms with Gasteiger partial charge < -0.3 is 5.11 Å². The van der Waals surface area contributed by atoms with Crippen molar-refractivity contribution in [2.45, 2.75) is 31.2 Å². The Morgan fingerprint density at radius 3 is 2.55 bits per heavy atom. The van der Waals surface area contributed by atoms with E-state index in [1.807, 2.05) is 0 Å². The first-order valence-corrected chi connectivity index (χ1v) is 7.29. The molecule has 0 aliphatic carbocycles. The number of aliphatic hydroxyl groups excluding tert-OH is 1. The largest absolute Gasteiger partial charge is 0.395 e. The number of hydrogen-bond donors (Lipinski definition) is 2. The fraction of sp³-hybridized carbons (Fsp3) is 0.455. The normalized spacial score (nSPS) is 13.2. The van der Waals surface area contributed by atoms with Crippen molar-refractivity contribution in [1.29, 1.82) is 0 Å². The van der Waals surface area contributed by atoms with Crippen LogP contribution in [0.2, 0.25) is 0 Å². The average molecular weight is 306 g/mol. The van der Waals surface area contributed by atoms with Crippen LogP contribution in [0.3, 0.4) is 0 Å². The number of benzene rings is 1. The van der Waals surface area contributed by atoms with Gasteiger partial charge in [0.15, 0.2) is 0 Å². The Bertz CT molecular complexity index is 613. The Kier molecular flexibility index (Phi) is 5.15. The van der Waals surface area contributed by atoms with Crippen LogP contribution in [0.5, 0.6) is 0 Å². The topological polar surface area (TPSA) is 110 Å². The zero-order valence-corrected chi connectivity index (χ0v) is 11.8. The fourth-order valence-electron chi connectivity index (χ4n) is 1.54. The van der Waals surface area contributed by atoms with Gasteiger partial charge in [0.1, 0.15) is 0 Å². The van der Waals surface area contributed by atoms with Gasteiger partial charge in [0.05, 0.1) is 16.4 Å². The number of rotatable bonds is 6. The first-order valence-electron chi connectivity index (χ1n) is 5.80. The van der Waals surface area contributed by atoms with Gasteiger partial charge in [-0.2, -0.15) is 4.39 Å². The van der Waals surface area contributed by atoms with E-state index in [0.717, 1.165) is 6.07 Å². The van der Waals surface area contributed by atoms with Gasteiger partial charge in [-0.05, 0) is 25.0 Å². The lowest BCUT2D eigenvalue weighted by Gasteiger charge is -2.14. The monoisotopic (exact) mass is 306 g/mol. The minimum absolute atomic E-state index is 0.142. The van der Waals surface area contributed by atoms with Crippen LogP contribution in [-0.2, 0) is 10.0 Å². The fourth-order valence-corrected chi connectivity index (χ4v) is 2.96. The summed E-state index contributed by atoms with van der Waals surface area (Å²) in [6.45, 7) is 2.50. The molecule has 0 fully saturated rings. The van der Waals surface area contributed by atoms with Crippen LogP contribution in [0.15, 0.2) is 17.0 Å². The second kappa shape index (κ2) is 6.25. The minimum atomic E-state index is -4.06. The number of aryl methyl sites for hydroxylation is 1. The Hall–Kier alpha value is -1.58.